The SMILES string of the molecule is O=C(O)C(=Cc1ccc(OCCOc2ccccc2)cc1)c1ccccc1. The zero-order chi connectivity index (χ0) is 18.9. The lowest BCUT2D eigenvalue weighted by molar-refractivity contribution is -0.130. The second-order valence-corrected chi connectivity index (χ2v) is 5.81. The Hall–Kier alpha value is -3.53. The van der Waals surface area contributed by atoms with Gasteiger partial charge in [-0.25, -0.2) is 4.79 Å². The number of benzene rings is 3. The summed E-state index contributed by atoms with van der Waals surface area (Å²) in [5.41, 5.74) is 1.72. The van der Waals surface area contributed by atoms with Gasteiger partial charge in [0.1, 0.15) is 24.7 Å². The van der Waals surface area contributed by atoms with Gasteiger partial charge in [-0.05, 0) is 41.5 Å². The van der Waals surface area contributed by atoms with E-state index in [0.29, 0.717) is 24.5 Å². The van der Waals surface area contributed by atoms with Crippen LogP contribution < -0.4 is 9.47 Å². The van der Waals surface area contributed by atoms with Gasteiger partial charge in [0.25, 0.3) is 0 Å². The number of aliphatic carboxylic acids is 1. The summed E-state index contributed by atoms with van der Waals surface area (Å²) in [7, 11) is 0. The van der Waals surface area contributed by atoms with Gasteiger partial charge in [0, 0.05) is 0 Å². The van der Waals surface area contributed by atoms with Crippen LogP contribution in [0.1, 0.15) is 11.1 Å². The van der Waals surface area contributed by atoms with Crippen molar-refractivity contribution in [1.82, 2.24) is 0 Å². The highest BCUT2D eigenvalue weighted by atomic mass is 16.5. The highest BCUT2D eigenvalue weighted by Crippen LogP contribution is 2.20. The summed E-state index contributed by atoms with van der Waals surface area (Å²) in [5.74, 6) is 0.559. The summed E-state index contributed by atoms with van der Waals surface area (Å²) in [5, 5.41) is 9.47. The van der Waals surface area contributed by atoms with Gasteiger partial charge in [0.15, 0.2) is 0 Å². The molecule has 3 aromatic rings. The fourth-order valence-electron chi connectivity index (χ4n) is 2.55. The number of carboxylic acids is 1. The highest BCUT2D eigenvalue weighted by Gasteiger charge is 2.09. The van der Waals surface area contributed by atoms with Crippen LogP contribution in [0.3, 0.4) is 0 Å². The molecule has 3 rings (SSSR count). The maximum absolute atomic E-state index is 11.6. The van der Waals surface area contributed by atoms with Gasteiger partial charge in [-0.15, -0.1) is 0 Å². The van der Waals surface area contributed by atoms with Gasteiger partial charge in [0.2, 0.25) is 0 Å². The zero-order valence-corrected chi connectivity index (χ0v) is 14.7. The Kier molecular flexibility index (Phi) is 6.26. The Morgan fingerprint density at radius 2 is 1.26 bits per heavy atom. The molecule has 0 fully saturated rings. The Bertz CT molecular complexity index is 885. The number of ether oxygens (including phenoxy) is 2. The lowest BCUT2D eigenvalue weighted by Crippen LogP contribution is -2.08. The Labute approximate surface area is 158 Å². The van der Waals surface area contributed by atoms with Crippen molar-refractivity contribution < 1.29 is 19.4 Å². The van der Waals surface area contributed by atoms with Crippen LogP contribution in [0.2, 0.25) is 0 Å². The molecular weight excluding hydrogens is 340 g/mol. The summed E-state index contributed by atoms with van der Waals surface area (Å²) in [6.45, 7) is 0.872. The first kappa shape index (κ1) is 18.3. The van der Waals surface area contributed by atoms with Crippen LogP contribution in [0.4, 0.5) is 0 Å². The van der Waals surface area contributed by atoms with Crippen LogP contribution in [-0.2, 0) is 4.79 Å². The molecule has 0 unspecified atom stereocenters. The van der Waals surface area contributed by atoms with Crippen molar-refractivity contribution in [3.05, 3.63) is 96.1 Å². The van der Waals surface area contributed by atoms with Crippen molar-refractivity contribution in [1.29, 1.82) is 0 Å². The van der Waals surface area contributed by atoms with E-state index < -0.39 is 5.97 Å². The molecule has 0 aliphatic heterocycles. The lowest BCUT2D eigenvalue weighted by Gasteiger charge is -2.08. The van der Waals surface area contributed by atoms with Crippen molar-refractivity contribution in [2.45, 2.75) is 0 Å². The van der Waals surface area contributed by atoms with Gasteiger partial charge in [0.05, 0.1) is 5.57 Å². The second-order valence-electron chi connectivity index (χ2n) is 5.81. The molecule has 1 N–H and O–H groups in total. The molecule has 27 heavy (non-hydrogen) atoms. The fourth-order valence-corrected chi connectivity index (χ4v) is 2.55. The van der Waals surface area contributed by atoms with Crippen molar-refractivity contribution in [2.24, 2.45) is 0 Å². The van der Waals surface area contributed by atoms with Crippen molar-refractivity contribution in [2.75, 3.05) is 13.2 Å². The third kappa shape index (κ3) is 5.47. The minimum Gasteiger partial charge on any atom is -0.490 e. The first-order valence-corrected chi connectivity index (χ1v) is 8.63. The largest absolute Gasteiger partial charge is 0.490 e. The number of carboxylic acid groups (broad SMARTS) is 1. The number of hydrogen-bond donors (Lipinski definition) is 1. The third-order valence-corrected chi connectivity index (χ3v) is 3.87. The monoisotopic (exact) mass is 360 g/mol. The Balaban J connectivity index is 1.58. The average Bonchev–Trinajstić information content (AvgIpc) is 2.71. The molecule has 0 saturated carbocycles. The molecule has 3 aromatic carbocycles. The minimum atomic E-state index is -0.959. The first-order chi connectivity index (χ1) is 13.2. The molecule has 0 radical (unpaired) electrons. The number of hydrogen-bond acceptors (Lipinski definition) is 3. The molecule has 0 aliphatic carbocycles. The maximum atomic E-state index is 11.6. The van der Waals surface area contributed by atoms with Crippen LogP contribution in [-0.4, -0.2) is 24.3 Å². The van der Waals surface area contributed by atoms with Gasteiger partial charge < -0.3 is 14.6 Å². The van der Waals surface area contributed by atoms with E-state index in [1.54, 1.807) is 18.2 Å². The van der Waals surface area contributed by atoms with Crippen LogP contribution >= 0.6 is 0 Å². The van der Waals surface area contributed by atoms with E-state index in [2.05, 4.69) is 0 Å². The molecule has 0 spiro atoms. The van der Waals surface area contributed by atoms with E-state index in [-0.39, 0.29) is 5.57 Å². The number of para-hydroxylation sites is 1. The second kappa shape index (κ2) is 9.25. The van der Waals surface area contributed by atoms with Gasteiger partial charge in [-0.1, -0.05) is 60.7 Å². The third-order valence-electron chi connectivity index (χ3n) is 3.87. The van der Waals surface area contributed by atoms with E-state index in [9.17, 15) is 9.90 Å². The van der Waals surface area contributed by atoms with Gasteiger partial charge in [-0.3, -0.25) is 0 Å². The smallest absolute Gasteiger partial charge is 0.336 e. The molecule has 0 heterocycles. The minimum absolute atomic E-state index is 0.250. The molecular formula is C23H20O4. The van der Waals surface area contributed by atoms with Crippen molar-refractivity contribution in [3.63, 3.8) is 0 Å². The molecule has 136 valence electrons. The molecule has 4 nitrogen and oxygen atoms in total. The predicted molar refractivity (Wildman–Crippen MR) is 106 cm³/mol. The predicted octanol–water partition coefficient (Wildman–Crippen LogP) is 4.77. The van der Waals surface area contributed by atoms with Gasteiger partial charge >= 0.3 is 5.97 Å². The topological polar surface area (TPSA) is 55.8 Å². The zero-order valence-electron chi connectivity index (χ0n) is 14.7. The Morgan fingerprint density at radius 3 is 1.81 bits per heavy atom. The summed E-state index contributed by atoms with van der Waals surface area (Å²) in [6, 6.07) is 25.9. The van der Waals surface area contributed by atoms with Crippen LogP contribution in [0.5, 0.6) is 11.5 Å². The van der Waals surface area contributed by atoms with Gasteiger partial charge in [-0.2, -0.15) is 0 Å². The summed E-state index contributed by atoms with van der Waals surface area (Å²) >= 11 is 0. The average molecular weight is 360 g/mol. The normalized spacial score (nSPS) is 11.0. The first-order valence-electron chi connectivity index (χ1n) is 8.63. The fraction of sp³-hybridized carbons (Fsp3) is 0.0870. The molecule has 0 aliphatic rings. The number of rotatable bonds is 8. The number of carbonyl (C=O) groups is 1. The molecule has 0 atom stereocenters. The lowest BCUT2D eigenvalue weighted by atomic mass is 10.0. The van der Waals surface area contributed by atoms with Crippen LogP contribution in [0.25, 0.3) is 11.6 Å². The van der Waals surface area contributed by atoms with Crippen LogP contribution in [0.15, 0.2) is 84.9 Å². The molecule has 0 amide bonds. The molecule has 4 heteroatoms. The quantitative estimate of drug-likeness (QED) is 0.357. The molecule has 0 saturated heterocycles. The molecule has 0 bridgehead atoms. The van der Waals surface area contributed by atoms with E-state index in [0.717, 1.165) is 11.3 Å². The van der Waals surface area contributed by atoms with Crippen molar-refractivity contribution in [3.8, 4) is 11.5 Å². The van der Waals surface area contributed by atoms with E-state index in [4.69, 9.17) is 9.47 Å². The van der Waals surface area contributed by atoms with E-state index in [1.165, 1.54) is 0 Å². The summed E-state index contributed by atoms with van der Waals surface area (Å²) in [6.07, 6.45) is 1.65. The maximum Gasteiger partial charge on any atom is 0.336 e. The van der Waals surface area contributed by atoms with E-state index >= 15 is 0 Å². The van der Waals surface area contributed by atoms with E-state index in [1.807, 2.05) is 72.8 Å². The summed E-state index contributed by atoms with van der Waals surface area (Å²) in [4.78, 5) is 11.6. The standard InChI is InChI=1S/C23H20O4/c24-23(25)22(19-7-3-1-4-8-19)17-18-11-13-21(14-12-18)27-16-15-26-20-9-5-2-6-10-20/h1-14,17H,15-16H2,(H,24,25). The highest BCUT2D eigenvalue weighted by molar-refractivity contribution is 6.20. The van der Waals surface area contributed by atoms with Crippen molar-refractivity contribution >= 4 is 17.6 Å². The van der Waals surface area contributed by atoms with Crippen LogP contribution in [0, 0.1) is 0 Å². The Morgan fingerprint density at radius 1 is 0.741 bits per heavy atom. The summed E-state index contributed by atoms with van der Waals surface area (Å²) < 4.78 is 11.2. The molecule has 0 aromatic heterocycles.